The number of hydrogen-bond acceptors (Lipinski definition) is 4. The van der Waals surface area contributed by atoms with Gasteiger partial charge in [0.2, 0.25) is 0 Å². The van der Waals surface area contributed by atoms with Crippen LogP contribution in [0.4, 0.5) is 17.1 Å². The van der Waals surface area contributed by atoms with E-state index in [4.69, 9.17) is 4.84 Å². The summed E-state index contributed by atoms with van der Waals surface area (Å²) in [5, 5.41) is 5.17. The molecule has 0 fully saturated rings. The summed E-state index contributed by atoms with van der Waals surface area (Å²) in [4.78, 5) is 28.4. The van der Waals surface area contributed by atoms with Crippen LogP contribution < -0.4 is 10.5 Å². The maximum absolute atomic E-state index is 12.0. The number of aryl methyl sites for hydroxylation is 1. The number of benzene rings is 1. The van der Waals surface area contributed by atoms with Crippen LogP contribution in [0.5, 0.6) is 0 Å². The lowest BCUT2D eigenvalue weighted by Crippen LogP contribution is -2.56. The standard InChI is InChI=1S/C14H21N3O3/c1-6-11(7-2)15-13-12(16-18)8-9(3)10(4)14(13)17(19)20-5/h8,11H,6-7H2,1-5H3/p+2. The Morgan fingerprint density at radius 2 is 1.95 bits per heavy atom. The molecular formula is C14H23N3O3+2. The van der Waals surface area contributed by atoms with E-state index in [9.17, 15) is 9.81 Å². The Morgan fingerprint density at radius 1 is 1.35 bits per heavy atom. The van der Waals surface area contributed by atoms with Gasteiger partial charge >= 0.3 is 5.69 Å². The Bertz CT molecular complexity index is 511. The molecule has 1 aromatic rings. The summed E-state index contributed by atoms with van der Waals surface area (Å²) in [6, 6.07) is 1.92. The third-order valence-corrected chi connectivity index (χ3v) is 3.61. The molecule has 1 aromatic carbocycles. The highest BCUT2D eigenvalue weighted by Gasteiger charge is 2.32. The molecule has 6 heteroatoms. The lowest BCUT2D eigenvalue weighted by Gasteiger charge is -2.16. The molecule has 0 aromatic heterocycles. The topological polar surface area (TPSA) is 72.4 Å². The van der Waals surface area contributed by atoms with Gasteiger partial charge in [0, 0.05) is 27.8 Å². The highest BCUT2D eigenvalue weighted by molar-refractivity contribution is 5.77. The summed E-state index contributed by atoms with van der Waals surface area (Å²) >= 11 is 0. The Morgan fingerprint density at radius 3 is 2.40 bits per heavy atom. The summed E-state index contributed by atoms with van der Waals surface area (Å²) < 4.78 is 0. The average Bonchev–Trinajstić information content (AvgIpc) is 2.47. The molecule has 0 aliphatic rings. The molecule has 20 heavy (non-hydrogen) atoms. The van der Waals surface area contributed by atoms with Crippen molar-refractivity contribution in [2.75, 3.05) is 12.4 Å². The number of nitrogens with zero attached hydrogens (tertiary/aromatic N) is 1. The van der Waals surface area contributed by atoms with Gasteiger partial charge in [-0.2, -0.15) is 0 Å². The molecule has 0 bridgehead atoms. The minimum Gasteiger partial charge on any atom is -0.371 e. The summed E-state index contributed by atoms with van der Waals surface area (Å²) in [7, 11) is 1.31. The number of anilines is 1. The van der Waals surface area contributed by atoms with Crippen molar-refractivity contribution in [1.82, 2.24) is 0 Å². The van der Waals surface area contributed by atoms with Crippen molar-refractivity contribution in [2.24, 2.45) is 0 Å². The molecule has 0 amide bonds. The molecule has 0 saturated carbocycles. The van der Waals surface area contributed by atoms with Crippen LogP contribution in [-0.2, 0) is 4.84 Å². The van der Waals surface area contributed by atoms with E-state index in [0.29, 0.717) is 22.0 Å². The van der Waals surface area contributed by atoms with Crippen LogP contribution in [0.25, 0.3) is 0 Å². The first-order chi connectivity index (χ1) is 9.49. The fraction of sp³-hybridized carbons (Fsp3) is 0.571. The summed E-state index contributed by atoms with van der Waals surface area (Å²) in [5.74, 6) is 0. The normalized spacial score (nSPS) is 10.5. The van der Waals surface area contributed by atoms with E-state index in [1.165, 1.54) is 7.11 Å². The summed E-state index contributed by atoms with van der Waals surface area (Å²) in [6.07, 6.45) is 1.79. The summed E-state index contributed by atoms with van der Waals surface area (Å²) in [5.41, 5.74) is 2.83. The van der Waals surface area contributed by atoms with Crippen LogP contribution in [0.1, 0.15) is 37.8 Å². The van der Waals surface area contributed by atoms with Crippen LogP contribution in [0.15, 0.2) is 6.07 Å². The fourth-order valence-corrected chi connectivity index (χ4v) is 2.14. The Hall–Kier alpha value is -1.98. The molecule has 0 heterocycles. The van der Waals surface area contributed by atoms with Gasteiger partial charge in [0.15, 0.2) is 12.8 Å². The van der Waals surface area contributed by atoms with Crippen molar-refractivity contribution in [2.45, 2.75) is 46.6 Å². The molecule has 0 aliphatic heterocycles. The molecule has 2 N–H and O–H groups in total. The molecule has 0 aliphatic carbocycles. The number of nitrogens with one attached hydrogen (secondary N) is 2. The molecule has 0 radical (unpaired) electrons. The maximum Gasteiger partial charge on any atom is 0.349 e. The third kappa shape index (κ3) is 3.12. The van der Waals surface area contributed by atoms with E-state index in [-0.39, 0.29) is 6.04 Å². The first kappa shape index (κ1) is 16.1. The Kier molecular flexibility index (Phi) is 5.61. The van der Waals surface area contributed by atoms with Gasteiger partial charge in [-0.1, -0.05) is 13.8 Å². The monoisotopic (exact) mass is 281 g/mol. The molecule has 0 saturated heterocycles. The second-order valence-electron chi connectivity index (χ2n) is 4.79. The molecule has 0 unspecified atom stereocenters. The first-order valence-electron chi connectivity index (χ1n) is 6.80. The van der Waals surface area contributed by atoms with Crippen LogP contribution in [-0.4, -0.2) is 18.1 Å². The van der Waals surface area contributed by atoms with Crippen molar-refractivity contribution >= 4 is 17.1 Å². The molecule has 0 spiro atoms. The van der Waals surface area contributed by atoms with Crippen molar-refractivity contribution in [3.8, 4) is 0 Å². The number of rotatable bonds is 7. The molecule has 0 atom stereocenters. The van der Waals surface area contributed by atoms with Gasteiger partial charge in [-0.05, 0) is 32.3 Å². The van der Waals surface area contributed by atoms with E-state index < -0.39 is 0 Å². The van der Waals surface area contributed by atoms with Gasteiger partial charge in [0.25, 0.3) is 10.6 Å². The van der Waals surface area contributed by atoms with Crippen molar-refractivity contribution in [3.63, 3.8) is 0 Å². The predicted octanol–water partition coefficient (Wildman–Crippen LogP) is 2.35. The average molecular weight is 281 g/mol. The van der Waals surface area contributed by atoms with Gasteiger partial charge < -0.3 is 5.32 Å². The molecular weight excluding hydrogens is 258 g/mol. The van der Waals surface area contributed by atoms with E-state index in [1.54, 1.807) is 6.07 Å². The third-order valence-electron chi connectivity index (χ3n) is 3.61. The van der Waals surface area contributed by atoms with E-state index in [1.807, 2.05) is 19.0 Å². The zero-order valence-electron chi connectivity index (χ0n) is 12.7. The van der Waals surface area contributed by atoms with Gasteiger partial charge in [-0.15, -0.1) is 0 Å². The fourth-order valence-electron chi connectivity index (χ4n) is 2.14. The van der Waals surface area contributed by atoms with E-state index in [2.05, 4.69) is 19.2 Å². The van der Waals surface area contributed by atoms with Gasteiger partial charge in [-0.3, -0.25) is 0 Å². The largest absolute Gasteiger partial charge is 0.371 e. The number of hydrogen-bond donors (Lipinski definition) is 2. The first-order valence-corrected chi connectivity index (χ1v) is 6.80. The van der Waals surface area contributed by atoms with Crippen LogP contribution in [0, 0.1) is 23.7 Å². The van der Waals surface area contributed by atoms with Crippen LogP contribution >= 0.6 is 0 Å². The van der Waals surface area contributed by atoms with E-state index in [0.717, 1.165) is 24.0 Å². The minimum absolute atomic E-state index is 0.188. The molecule has 6 nitrogen and oxygen atoms in total. The van der Waals surface area contributed by atoms with Crippen molar-refractivity contribution in [3.05, 3.63) is 27.0 Å². The molecule has 1 rings (SSSR count). The van der Waals surface area contributed by atoms with Gasteiger partial charge in [0.05, 0.1) is 4.91 Å². The van der Waals surface area contributed by atoms with E-state index >= 15 is 0 Å². The minimum atomic E-state index is 0.188. The number of nitroso groups, excluding NO2 is 1. The second kappa shape index (κ2) is 6.98. The zero-order chi connectivity index (χ0) is 15.3. The maximum atomic E-state index is 12.0. The van der Waals surface area contributed by atoms with Crippen molar-refractivity contribution in [1.29, 1.82) is 0 Å². The highest BCUT2D eigenvalue weighted by atomic mass is 16.8. The SMILES string of the molecule is CCC(CC)Nc1c([NH+]=O)cc(C)c(C)c1[N+](=O)OC. The zero-order valence-corrected chi connectivity index (χ0v) is 12.7. The van der Waals surface area contributed by atoms with Crippen LogP contribution in [0.3, 0.4) is 0 Å². The smallest absolute Gasteiger partial charge is 0.349 e. The van der Waals surface area contributed by atoms with Crippen LogP contribution in [0.2, 0.25) is 0 Å². The lowest BCUT2D eigenvalue weighted by molar-refractivity contribution is -0.736. The second-order valence-corrected chi connectivity index (χ2v) is 4.79. The Labute approximate surface area is 119 Å². The van der Waals surface area contributed by atoms with Gasteiger partial charge in [0.1, 0.15) is 0 Å². The lowest BCUT2D eigenvalue weighted by atomic mass is 10.0. The predicted molar refractivity (Wildman–Crippen MR) is 78.2 cm³/mol. The summed E-state index contributed by atoms with van der Waals surface area (Å²) in [6.45, 7) is 7.79. The molecule has 110 valence electrons. The van der Waals surface area contributed by atoms with Crippen molar-refractivity contribution < 1.29 is 14.9 Å². The highest BCUT2D eigenvalue weighted by Crippen LogP contribution is 2.36. The quantitative estimate of drug-likeness (QED) is 0.753. The van der Waals surface area contributed by atoms with Gasteiger partial charge in [-0.25, -0.2) is 4.84 Å². The Balaban J connectivity index is 3.47.